The van der Waals surface area contributed by atoms with Gasteiger partial charge in [-0.05, 0) is 30.3 Å². The van der Waals surface area contributed by atoms with E-state index in [4.69, 9.17) is 4.74 Å². The summed E-state index contributed by atoms with van der Waals surface area (Å²) in [6.07, 6.45) is 3.34. The summed E-state index contributed by atoms with van der Waals surface area (Å²) in [4.78, 5) is 18.6. The number of halogens is 2. The molecule has 0 spiro atoms. The van der Waals surface area contributed by atoms with Crippen molar-refractivity contribution in [2.24, 2.45) is 0 Å². The summed E-state index contributed by atoms with van der Waals surface area (Å²) in [6.45, 7) is 5.62. The van der Waals surface area contributed by atoms with Crippen LogP contribution >= 0.6 is 24.8 Å². The molecule has 0 unspecified atom stereocenters. The molecule has 1 amide bonds. The Morgan fingerprint density at radius 1 is 1.12 bits per heavy atom. The molecule has 1 fully saturated rings. The van der Waals surface area contributed by atoms with E-state index in [0.29, 0.717) is 23.6 Å². The SMILES string of the molecule is Cl.Cl.O=C(NCCN1CCNCC1)c1cccc(Oc2ccncc2)c1. The highest BCUT2D eigenvalue weighted by Gasteiger charge is 2.11. The molecule has 2 heterocycles. The topological polar surface area (TPSA) is 66.5 Å². The molecule has 1 aromatic heterocycles. The molecule has 0 radical (unpaired) electrons. The molecule has 0 aliphatic carbocycles. The van der Waals surface area contributed by atoms with Crippen LogP contribution in [-0.2, 0) is 0 Å². The number of nitrogens with zero attached hydrogens (tertiary/aromatic N) is 2. The Morgan fingerprint density at radius 3 is 2.58 bits per heavy atom. The zero-order chi connectivity index (χ0) is 16.6. The van der Waals surface area contributed by atoms with Crippen LogP contribution in [0.5, 0.6) is 11.5 Å². The minimum absolute atomic E-state index is 0. The number of nitrogens with one attached hydrogen (secondary N) is 2. The number of piperazine rings is 1. The molecule has 0 saturated carbocycles. The molecule has 2 aromatic rings. The maximum absolute atomic E-state index is 12.3. The lowest BCUT2D eigenvalue weighted by Crippen LogP contribution is -2.46. The van der Waals surface area contributed by atoms with Gasteiger partial charge in [0.1, 0.15) is 11.5 Å². The molecular weight excluding hydrogens is 375 g/mol. The van der Waals surface area contributed by atoms with Gasteiger partial charge in [-0.2, -0.15) is 0 Å². The lowest BCUT2D eigenvalue weighted by molar-refractivity contribution is 0.0947. The summed E-state index contributed by atoms with van der Waals surface area (Å²) in [5, 5.41) is 6.29. The third-order valence-electron chi connectivity index (χ3n) is 3.90. The number of carbonyl (C=O) groups excluding carboxylic acids is 1. The number of carbonyl (C=O) groups is 1. The van der Waals surface area contributed by atoms with E-state index in [1.165, 1.54) is 0 Å². The van der Waals surface area contributed by atoms with E-state index in [1.807, 2.05) is 12.1 Å². The van der Waals surface area contributed by atoms with Gasteiger partial charge < -0.3 is 15.4 Å². The van der Waals surface area contributed by atoms with Crippen LogP contribution in [0.1, 0.15) is 10.4 Å². The van der Waals surface area contributed by atoms with Crippen LogP contribution in [0.3, 0.4) is 0 Å². The van der Waals surface area contributed by atoms with E-state index in [0.717, 1.165) is 32.7 Å². The molecule has 1 aromatic carbocycles. The summed E-state index contributed by atoms with van der Waals surface area (Å²) >= 11 is 0. The van der Waals surface area contributed by atoms with Crippen molar-refractivity contribution in [1.29, 1.82) is 0 Å². The summed E-state index contributed by atoms with van der Waals surface area (Å²) < 4.78 is 5.73. The second-order valence-electron chi connectivity index (χ2n) is 5.66. The van der Waals surface area contributed by atoms with Gasteiger partial charge in [-0.1, -0.05) is 6.07 Å². The highest BCUT2D eigenvalue weighted by molar-refractivity contribution is 5.94. The molecule has 142 valence electrons. The van der Waals surface area contributed by atoms with Gasteiger partial charge in [-0.3, -0.25) is 14.7 Å². The summed E-state index contributed by atoms with van der Waals surface area (Å²) in [5.41, 5.74) is 0.599. The highest BCUT2D eigenvalue weighted by Crippen LogP contribution is 2.21. The second-order valence-corrected chi connectivity index (χ2v) is 5.66. The van der Waals surface area contributed by atoms with Gasteiger partial charge in [-0.15, -0.1) is 24.8 Å². The highest BCUT2D eigenvalue weighted by atomic mass is 35.5. The van der Waals surface area contributed by atoms with Crippen LogP contribution in [0.4, 0.5) is 0 Å². The molecule has 0 atom stereocenters. The third-order valence-corrected chi connectivity index (χ3v) is 3.90. The quantitative estimate of drug-likeness (QED) is 0.781. The summed E-state index contributed by atoms with van der Waals surface area (Å²) in [5.74, 6) is 1.25. The van der Waals surface area contributed by atoms with Crippen molar-refractivity contribution in [3.8, 4) is 11.5 Å². The average molecular weight is 399 g/mol. The molecule has 6 nitrogen and oxygen atoms in total. The largest absolute Gasteiger partial charge is 0.457 e. The maximum Gasteiger partial charge on any atom is 0.251 e. The molecule has 26 heavy (non-hydrogen) atoms. The van der Waals surface area contributed by atoms with E-state index in [1.54, 1.807) is 36.7 Å². The monoisotopic (exact) mass is 398 g/mol. The Morgan fingerprint density at radius 2 is 1.85 bits per heavy atom. The lowest BCUT2D eigenvalue weighted by atomic mass is 10.2. The average Bonchev–Trinajstić information content (AvgIpc) is 2.64. The number of hydrogen-bond donors (Lipinski definition) is 2. The van der Waals surface area contributed by atoms with Crippen LogP contribution < -0.4 is 15.4 Å². The Hall–Kier alpha value is -1.86. The molecule has 1 saturated heterocycles. The zero-order valence-electron chi connectivity index (χ0n) is 14.4. The Labute approximate surface area is 166 Å². The van der Waals surface area contributed by atoms with Gasteiger partial charge in [0.05, 0.1) is 0 Å². The fraction of sp³-hybridized carbons (Fsp3) is 0.333. The van der Waals surface area contributed by atoms with Gasteiger partial charge in [0.25, 0.3) is 5.91 Å². The predicted molar refractivity (Wildman–Crippen MR) is 107 cm³/mol. The minimum Gasteiger partial charge on any atom is -0.457 e. The summed E-state index contributed by atoms with van der Waals surface area (Å²) in [7, 11) is 0. The van der Waals surface area contributed by atoms with Crippen molar-refractivity contribution in [2.45, 2.75) is 0 Å². The first kappa shape index (κ1) is 22.2. The van der Waals surface area contributed by atoms with Gasteiger partial charge in [0.2, 0.25) is 0 Å². The maximum atomic E-state index is 12.3. The number of ether oxygens (including phenoxy) is 1. The lowest BCUT2D eigenvalue weighted by Gasteiger charge is -2.27. The third kappa shape index (κ3) is 6.80. The van der Waals surface area contributed by atoms with Crippen LogP contribution in [0.2, 0.25) is 0 Å². The van der Waals surface area contributed by atoms with E-state index >= 15 is 0 Å². The fourth-order valence-corrected chi connectivity index (χ4v) is 2.61. The Kier molecular flexibility index (Phi) is 9.98. The first-order valence-electron chi connectivity index (χ1n) is 8.20. The molecule has 1 aliphatic rings. The Bertz CT molecular complexity index is 667. The molecule has 1 aliphatic heterocycles. The van der Waals surface area contributed by atoms with E-state index in [-0.39, 0.29) is 30.7 Å². The van der Waals surface area contributed by atoms with Crippen molar-refractivity contribution < 1.29 is 9.53 Å². The van der Waals surface area contributed by atoms with Gasteiger partial charge in [-0.25, -0.2) is 0 Å². The van der Waals surface area contributed by atoms with Crippen LogP contribution in [0, 0.1) is 0 Å². The van der Waals surface area contributed by atoms with Gasteiger partial charge in [0.15, 0.2) is 0 Å². The van der Waals surface area contributed by atoms with Crippen LogP contribution in [0.25, 0.3) is 0 Å². The van der Waals surface area contributed by atoms with Gasteiger partial charge >= 0.3 is 0 Å². The first-order chi connectivity index (χ1) is 11.8. The first-order valence-corrected chi connectivity index (χ1v) is 8.20. The number of amides is 1. The van der Waals surface area contributed by atoms with E-state index < -0.39 is 0 Å². The smallest absolute Gasteiger partial charge is 0.251 e. The molecule has 3 rings (SSSR count). The zero-order valence-corrected chi connectivity index (χ0v) is 16.0. The molecule has 0 bridgehead atoms. The summed E-state index contributed by atoms with van der Waals surface area (Å²) in [6, 6.07) is 10.8. The van der Waals surface area contributed by atoms with Crippen molar-refractivity contribution >= 4 is 30.7 Å². The van der Waals surface area contributed by atoms with Crippen LogP contribution in [0.15, 0.2) is 48.8 Å². The fourth-order valence-electron chi connectivity index (χ4n) is 2.61. The predicted octanol–water partition coefficient (Wildman–Crippen LogP) is 2.35. The van der Waals surface area contributed by atoms with Crippen molar-refractivity contribution in [3.63, 3.8) is 0 Å². The molecule has 8 heteroatoms. The Balaban J connectivity index is 0.00000169. The van der Waals surface area contributed by atoms with E-state index in [9.17, 15) is 4.79 Å². The number of pyridine rings is 1. The van der Waals surface area contributed by atoms with Crippen molar-refractivity contribution in [1.82, 2.24) is 20.5 Å². The number of aromatic nitrogens is 1. The van der Waals surface area contributed by atoms with Crippen LogP contribution in [-0.4, -0.2) is 55.1 Å². The normalized spacial score (nSPS) is 13.8. The number of benzene rings is 1. The number of hydrogen-bond acceptors (Lipinski definition) is 5. The molecular formula is C18H24Cl2N4O2. The number of rotatable bonds is 6. The van der Waals surface area contributed by atoms with E-state index in [2.05, 4.69) is 20.5 Å². The van der Waals surface area contributed by atoms with Crippen molar-refractivity contribution in [2.75, 3.05) is 39.3 Å². The minimum atomic E-state index is -0.0784. The molecule has 2 N–H and O–H groups in total. The standard InChI is InChI=1S/C18H22N4O2.2ClH/c23-18(21-10-13-22-11-8-20-9-12-22)15-2-1-3-17(14-15)24-16-4-6-19-7-5-16;;/h1-7,14,20H,8-13H2,(H,21,23);2*1H. The van der Waals surface area contributed by atoms with Crippen molar-refractivity contribution in [3.05, 3.63) is 54.4 Å². The van der Waals surface area contributed by atoms with Gasteiger partial charge in [0, 0.05) is 57.2 Å². The second kappa shape index (κ2) is 11.7.